The largest absolute Gasteiger partial charge is 0.324 e. The van der Waals surface area contributed by atoms with Gasteiger partial charge in [0.15, 0.2) is 11.0 Å². The zero-order chi connectivity index (χ0) is 19.9. The maximum absolute atomic E-state index is 12.7. The van der Waals surface area contributed by atoms with Gasteiger partial charge in [0.25, 0.3) is 5.76 Å². The van der Waals surface area contributed by atoms with Crippen molar-refractivity contribution in [2.75, 3.05) is 11.1 Å². The van der Waals surface area contributed by atoms with Crippen LogP contribution in [0.15, 0.2) is 58.8 Å². The summed E-state index contributed by atoms with van der Waals surface area (Å²) in [4.78, 5) is 16.6. The number of pyridine rings is 1. The highest BCUT2D eigenvalue weighted by atomic mass is 32.2. The molecule has 3 aromatic rings. The van der Waals surface area contributed by atoms with Crippen molar-refractivity contribution in [2.24, 2.45) is 0 Å². The van der Waals surface area contributed by atoms with E-state index in [1.165, 1.54) is 11.8 Å². The third-order valence-corrected chi connectivity index (χ3v) is 5.44. The van der Waals surface area contributed by atoms with Crippen molar-refractivity contribution < 1.29 is 13.6 Å². The number of hydrogen-bond acceptors (Lipinski definition) is 6. The van der Waals surface area contributed by atoms with E-state index in [4.69, 9.17) is 0 Å². The molecule has 146 valence electrons. The van der Waals surface area contributed by atoms with Crippen LogP contribution in [0.25, 0.3) is 11.4 Å². The Bertz CT molecular complexity index is 937. The van der Waals surface area contributed by atoms with Crippen molar-refractivity contribution in [3.63, 3.8) is 0 Å². The lowest BCUT2D eigenvalue weighted by Crippen LogP contribution is -2.15. The average molecular weight is 421 g/mol. The van der Waals surface area contributed by atoms with E-state index in [9.17, 15) is 13.6 Å². The maximum Gasteiger partial charge on any atom is 0.288 e. The smallest absolute Gasteiger partial charge is 0.288 e. The number of benzene rings is 1. The molecule has 0 radical (unpaired) electrons. The Hall–Kier alpha value is -2.46. The summed E-state index contributed by atoms with van der Waals surface area (Å²) in [6.45, 7) is 2.61. The van der Waals surface area contributed by atoms with Crippen molar-refractivity contribution in [2.45, 2.75) is 29.3 Å². The van der Waals surface area contributed by atoms with Gasteiger partial charge in [-0.1, -0.05) is 35.7 Å². The molecule has 1 amide bonds. The van der Waals surface area contributed by atoms with Gasteiger partial charge in [0.1, 0.15) is 0 Å². The van der Waals surface area contributed by atoms with Gasteiger partial charge in [-0.25, -0.2) is 0 Å². The maximum atomic E-state index is 12.7. The predicted octanol–water partition coefficient (Wildman–Crippen LogP) is 4.41. The minimum Gasteiger partial charge on any atom is -0.324 e. The molecule has 0 saturated carbocycles. The summed E-state index contributed by atoms with van der Waals surface area (Å²) in [6, 6.07) is 10.2. The van der Waals surface area contributed by atoms with E-state index in [-0.39, 0.29) is 11.7 Å². The molecule has 0 saturated heterocycles. The molecule has 6 nitrogen and oxygen atoms in total. The van der Waals surface area contributed by atoms with E-state index < -0.39 is 5.76 Å². The third kappa shape index (κ3) is 5.08. The first kappa shape index (κ1) is 20.3. The highest BCUT2D eigenvalue weighted by molar-refractivity contribution is 8.00. The van der Waals surface area contributed by atoms with Crippen LogP contribution in [-0.2, 0) is 11.3 Å². The van der Waals surface area contributed by atoms with E-state index in [2.05, 4.69) is 20.5 Å². The zero-order valence-corrected chi connectivity index (χ0v) is 16.5. The third-order valence-electron chi connectivity index (χ3n) is 3.68. The average Bonchev–Trinajstić information content (AvgIpc) is 3.11. The quantitative estimate of drug-likeness (QED) is 0.544. The number of aromatic nitrogens is 4. The number of thioether (sulfide) groups is 2. The number of hydrogen-bond donors (Lipinski definition) is 1. The summed E-state index contributed by atoms with van der Waals surface area (Å²) >= 11 is 1.64. The van der Waals surface area contributed by atoms with Crippen molar-refractivity contribution in [3.05, 3.63) is 48.8 Å². The highest BCUT2D eigenvalue weighted by Gasteiger charge is 2.16. The van der Waals surface area contributed by atoms with Crippen LogP contribution in [0.5, 0.6) is 0 Å². The number of halogens is 2. The van der Waals surface area contributed by atoms with Crippen molar-refractivity contribution in [1.82, 2.24) is 19.7 Å². The Morgan fingerprint density at radius 1 is 1.18 bits per heavy atom. The second kappa shape index (κ2) is 9.65. The van der Waals surface area contributed by atoms with Crippen LogP contribution >= 0.6 is 23.5 Å². The molecular formula is C18H17F2N5OS2. The van der Waals surface area contributed by atoms with Gasteiger partial charge in [-0.05, 0) is 31.2 Å². The van der Waals surface area contributed by atoms with Crippen LogP contribution in [0.1, 0.15) is 6.92 Å². The van der Waals surface area contributed by atoms with Crippen LogP contribution < -0.4 is 5.32 Å². The molecule has 1 aromatic carbocycles. The molecule has 0 bridgehead atoms. The topological polar surface area (TPSA) is 72.7 Å². The molecule has 10 heteroatoms. The molecule has 2 aromatic heterocycles. The van der Waals surface area contributed by atoms with Crippen LogP contribution in [-0.4, -0.2) is 37.2 Å². The fourth-order valence-electron chi connectivity index (χ4n) is 2.48. The second-order valence-electron chi connectivity index (χ2n) is 5.50. The minimum atomic E-state index is -2.55. The monoisotopic (exact) mass is 421 g/mol. The molecule has 0 aliphatic carbocycles. The SMILES string of the molecule is CCn1c(SCC(=O)Nc2ccccc2SC(F)F)nnc1-c1ccncc1. The van der Waals surface area contributed by atoms with E-state index in [1.54, 1.807) is 36.7 Å². The number of nitrogens with one attached hydrogen (secondary N) is 1. The van der Waals surface area contributed by atoms with E-state index >= 15 is 0 Å². The second-order valence-corrected chi connectivity index (χ2v) is 7.47. The lowest BCUT2D eigenvalue weighted by Gasteiger charge is -2.10. The number of para-hydroxylation sites is 1. The van der Waals surface area contributed by atoms with E-state index in [0.29, 0.717) is 39.9 Å². The number of anilines is 1. The molecule has 0 fully saturated rings. The predicted molar refractivity (Wildman–Crippen MR) is 107 cm³/mol. The summed E-state index contributed by atoms with van der Waals surface area (Å²) in [7, 11) is 0. The molecule has 28 heavy (non-hydrogen) atoms. The lowest BCUT2D eigenvalue weighted by molar-refractivity contribution is -0.113. The Morgan fingerprint density at radius 3 is 2.64 bits per heavy atom. The molecule has 0 aliphatic rings. The van der Waals surface area contributed by atoms with Gasteiger partial charge in [-0.15, -0.1) is 10.2 Å². The first-order chi connectivity index (χ1) is 13.6. The number of carbonyl (C=O) groups excluding carboxylic acids is 1. The number of amides is 1. The van der Waals surface area contributed by atoms with Gasteiger partial charge in [0.2, 0.25) is 5.91 Å². The van der Waals surface area contributed by atoms with Crippen LogP contribution in [0, 0.1) is 0 Å². The molecular weight excluding hydrogens is 404 g/mol. The molecule has 0 unspecified atom stereocenters. The van der Waals surface area contributed by atoms with Gasteiger partial charge < -0.3 is 9.88 Å². The molecule has 0 aliphatic heterocycles. The standard InChI is InChI=1S/C18H17F2N5OS2/c1-2-25-16(12-7-9-21-10-8-12)23-24-18(25)27-11-15(26)22-13-5-3-4-6-14(13)28-17(19)20/h3-10,17H,2,11H2,1H3,(H,22,26). The van der Waals surface area contributed by atoms with Crippen molar-refractivity contribution in [1.29, 1.82) is 0 Å². The summed E-state index contributed by atoms with van der Waals surface area (Å²) in [5.74, 6) is -2.07. The Kier molecular flexibility index (Phi) is 6.99. The Labute approximate surface area is 169 Å². The van der Waals surface area contributed by atoms with E-state index in [0.717, 1.165) is 5.56 Å². The number of alkyl halides is 2. The highest BCUT2D eigenvalue weighted by Crippen LogP contribution is 2.32. The molecule has 2 heterocycles. The summed E-state index contributed by atoms with van der Waals surface area (Å²) in [5, 5.41) is 11.7. The van der Waals surface area contributed by atoms with Crippen LogP contribution in [0.4, 0.5) is 14.5 Å². The van der Waals surface area contributed by atoms with Crippen molar-refractivity contribution >= 4 is 35.1 Å². The first-order valence-electron chi connectivity index (χ1n) is 8.38. The minimum absolute atomic E-state index is 0.0855. The van der Waals surface area contributed by atoms with Crippen LogP contribution in [0.3, 0.4) is 0 Å². The van der Waals surface area contributed by atoms with Crippen molar-refractivity contribution in [3.8, 4) is 11.4 Å². The normalized spacial score (nSPS) is 11.0. The molecule has 1 N–H and O–H groups in total. The number of rotatable bonds is 8. The van der Waals surface area contributed by atoms with E-state index in [1.807, 2.05) is 23.6 Å². The van der Waals surface area contributed by atoms with Crippen LogP contribution in [0.2, 0.25) is 0 Å². The number of nitrogens with zero attached hydrogens (tertiary/aromatic N) is 4. The molecule has 0 spiro atoms. The zero-order valence-electron chi connectivity index (χ0n) is 14.9. The number of carbonyl (C=O) groups is 1. The summed E-state index contributed by atoms with van der Waals surface area (Å²) in [6.07, 6.45) is 3.36. The fraction of sp³-hybridized carbons (Fsp3) is 0.222. The van der Waals surface area contributed by atoms with Gasteiger partial charge in [0.05, 0.1) is 11.4 Å². The summed E-state index contributed by atoms with van der Waals surface area (Å²) < 4.78 is 27.2. The molecule has 0 atom stereocenters. The molecule has 3 rings (SSSR count). The van der Waals surface area contributed by atoms with Gasteiger partial charge >= 0.3 is 0 Å². The van der Waals surface area contributed by atoms with Gasteiger partial charge in [0, 0.05) is 29.4 Å². The Morgan fingerprint density at radius 2 is 1.93 bits per heavy atom. The summed E-state index contributed by atoms with van der Waals surface area (Å²) in [5.41, 5.74) is 1.26. The Balaban J connectivity index is 1.67. The fourth-order valence-corrected chi connectivity index (χ4v) is 3.88. The lowest BCUT2D eigenvalue weighted by atomic mass is 10.2. The van der Waals surface area contributed by atoms with Gasteiger partial charge in [-0.3, -0.25) is 9.78 Å². The van der Waals surface area contributed by atoms with Gasteiger partial charge in [-0.2, -0.15) is 8.78 Å². The first-order valence-corrected chi connectivity index (χ1v) is 10.2.